The normalized spacial score (nSPS) is 24.6. The van der Waals surface area contributed by atoms with Crippen molar-refractivity contribution in [2.75, 3.05) is 7.05 Å². The first-order valence-corrected chi connectivity index (χ1v) is 7.29. The second kappa shape index (κ2) is 6.90. The lowest BCUT2D eigenvalue weighted by Crippen LogP contribution is -2.52. The molecule has 2 rings (SSSR count). The molecule has 1 heterocycles. The molecule has 1 saturated carbocycles. The van der Waals surface area contributed by atoms with Crippen LogP contribution < -0.4 is 5.32 Å². The Morgan fingerprint density at radius 2 is 2.30 bits per heavy atom. The quantitative estimate of drug-likeness (QED) is 0.858. The van der Waals surface area contributed by atoms with Gasteiger partial charge in [0.1, 0.15) is 5.76 Å². The third-order valence-electron chi connectivity index (χ3n) is 4.22. The number of nitrogens with one attached hydrogen (secondary N) is 1. The maximum atomic E-state index is 12.2. The molecular weight excluding hydrogens is 256 g/mol. The molecule has 112 valence electrons. The molecule has 1 amide bonds. The minimum Gasteiger partial charge on any atom is -0.467 e. The smallest absolute Gasteiger partial charge is 0.237 e. The van der Waals surface area contributed by atoms with E-state index in [2.05, 4.69) is 5.32 Å². The molecule has 20 heavy (non-hydrogen) atoms. The van der Waals surface area contributed by atoms with Crippen LogP contribution in [0.15, 0.2) is 22.8 Å². The Morgan fingerprint density at radius 1 is 1.55 bits per heavy atom. The van der Waals surface area contributed by atoms with Gasteiger partial charge in [-0.15, -0.1) is 0 Å². The molecule has 1 aliphatic rings. The van der Waals surface area contributed by atoms with E-state index in [1.807, 2.05) is 24.9 Å². The minimum atomic E-state index is -0.325. The number of likely N-dealkylation sites (N-methyl/N-ethyl adjacent to an activating group) is 1. The summed E-state index contributed by atoms with van der Waals surface area (Å²) in [5.74, 6) is 0.701. The molecule has 0 radical (unpaired) electrons. The van der Waals surface area contributed by atoms with Gasteiger partial charge < -0.3 is 14.8 Å². The first-order chi connectivity index (χ1) is 9.59. The van der Waals surface area contributed by atoms with Gasteiger partial charge in [0, 0.05) is 6.04 Å². The molecule has 0 saturated heterocycles. The number of hydrogen-bond acceptors (Lipinski definition) is 4. The third kappa shape index (κ3) is 3.61. The molecule has 1 aromatic rings. The van der Waals surface area contributed by atoms with Crippen LogP contribution in [0.1, 0.15) is 38.4 Å². The summed E-state index contributed by atoms with van der Waals surface area (Å²) >= 11 is 0. The summed E-state index contributed by atoms with van der Waals surface area (Å²) in [5, 5.41) is 12.9. The van der Waals surface area contributed by atoms with E-state index < -0.39 is 0 Å². The van der Waals surface area contributed by atoms with E-state index in [0.29, 0.717) is 6.54 Å². The molecule has 0 bridgehead atoms. The van der Waals surface area contributed by atoms with E-state index in [-0.39, 0.29) is 24.1 Å². The van der Waals surface area contributed by atoms with Crippen LogP contribution in [0.4, 0.5) is 0 Å². The largest absolute Gasteiger partial charge is 0.467 e. The van der Waals surface area contributed by atoms with Gasteiger partial charge >= 0.3 is 0 Å². The molecule has 1 aromatic heterocycles. The second-order valence-electron chi connectivity index (χ2n) is 5.56. The molecule has 2 N–H and O–H groups in total. The van der Waals surface area contributed by atoms with E-state index in [9.17, 15) is 9.90 Å². The zero-order valence-electron chi connectivity index (χ0n) is 12.2. The van der Waals surface area contributed by atoms with Crippen LogP contribution in [0.5, 0.6) is 0 Å². The summed E-state index contributed by atoms with van der Waals surface area (Å²) in [6.45, 7) is 2.27. The fourth-order valence-electron chi connectivity index (χ4n) is 2.77. The Hall–Kier alpha value is -1.33. The molecule has 3 atom stereocenters. The van der Waals surface area contributed by atoms with Crippen LogP contribution in [0.3, 0.4) is 0 Å². The van der Waals surface area contributed by atoms with Gasteiger partial charge in [-0.05, 0) is 38.9 Å². The van der Waals surface area contributed by atoms with Crippen LogP contribution in [-0.2, 0) is 11.3 Å². The van der Waals surface area contributed by atoms with Gasteiger partial charge in [0.05, 0.1) is 25.0 Å². The van der Waals surface area contributed by atoms with Crippen LogP contribution in [0.25, 0.3) is 0 Å². The molecule has 0 spiro atoms. The predicted molar refractivity (Wildman–Crippen MR) is 76.0 cm³/mol. The van der Waals surface area contributed by atoms with E-state index >= 15 is 0 Å². The number of furan rings is 1. The lowest BCUT2D eigenvalue weighted by Gasteiger charge is -2.38. The molecule has 0 aliphatic heterocycles. The fraction of sp³-hybridized carbons (Fsp3) is 0.667. The van der Waals surface area contributed by atoms with Gasteiger partial charge in [-0.25, -0.2) is 0 Å². The molecule has 1 fully saturated rings. The number of aliphatic hydroxyl groups is 1. The Balaban J connectivity index is 1.85. The van der Waals surface area contributed by atoms with Crippen molar-refractivity contribution in [3.05, 3.63) is 24.2 Å². The highest BCUT2D eigenvalue weighted by atomic mass is 16.3. The van der Waals surface area contributed by atoms with Crippen molar-refractivity contribution in [2.45, 2.75) is 57.3 Å². The molecular formula is C15H24N2O3. The SMILES string of the molecule is CC(C(=O)NCc1ccco1)N(C)C1CCCCC1O. The zero-order valence-corrected chi connectivity index (χ0v) is 12.2. The van der Waals surface area contributed by atoms with Crippen LogP contribution in [0, 0.1) is 0 Å². The lowest BCUT2D eigenvalue weighted by atomic mass is 9.91. The van der Waals surface area contributed by atoms with Gasteiger partial charge in [0.2, 0.25) is 5.91 Å². The summed E-state index contributed by atoms with van der Waals surface area (Å²) in [5.41, 5.74) is 0. The van der Waals surface area contributed by atoms with Gasteiger partial charge in [0.15, 0.2) is 0 Å². The average molecular weight is 280 g/mol. The maximum absolute atomic E-state index is 12.2. The first kappa shape index (κ1) is 15.1. The predicted octanol–water partition coefficient (Wildman–Crippen LogP) is 1.52. The highest BCUT2D eigenvalue weighted by Gasteiger charge is 2.31. The average Bonchev–Trinajstić information content (AvgIpc) is 2.97. The van der Waals surface area contributed by atoms with Crippen molar-refractivity contribution in [1.29, 1.82) is 0 Å². The topological polar surface area (TPSA) is 65.7 Å². The third-order valence-corrected chi connectivity index (χ3v) is 4.22. The number of rotatable bonds is 5. The Bertz CT molecular complexity index is 419. The monoisotopic (exact) mass is 280 g/mol. The van der Waals surface area contributed by atoms with Crippen LogP contribution in [-0.4, -0.2) is 41.1 Å². The van der Waals surface area contributed by atoms with Gasteiger partial charge in [-0.2, -0.15) is 0 Å². The number of hydrogen-bond donors (Lipinski definition) is 2. The lowest BCUT2D eigenvalue weighted by molar-refractivity contribution is -0.127. The molecule has 5 nitrogen and oxygen atoms in total. The molecule has 0 aromatic carbocycles. The fourth-order valence-corrected chi connectivity index (χ4v) is 2.77. The van der Waals surface area contributed by atoms with Crippen LogP contribution in [0.2, 0.25) is 0 Å². The first-order valence-electron chi connectivity index (χ1n) is 7.29. The van der Waals surface area contributed by atoms with Gasteiger partial charge in [0.25, 0.3) is 0 Å². The van der Waals surface area contributed by atoms with Crippen molar-refractivity contribution in [2.24, 2.45) is 0 Å². The molecule has 1 aliphatic carbocycles. The van der Waals surface area contributed by atoms with Crippen molar-refractivity contribution < 1.29 is 14.3 Å². The summed E-state index contributed by atoms with van der Waals surface area (Å²) < 4.78 is 5.19. The Kier molecular flexibility index (Phi) is 5.20. The van der Waals surface area contributed by atoms with E-state index in [4.69, 9.17) is 4.42 Å². The standard InChI is InChI=1S/C15H24N2O3/c1-11(15(19)16-10-12-6-5-9-20-12)17(2)13-7-3-4-8-14(13)18/h5-6,9,11,13-14,18H,3-4,7-8,10H2,1-2H3,(H,16,19). The minimum absolute atomic E-state index is 0.0401. The van der Waals surface area contributed by atoms with Crippen LogP contribution >= 0.6 is 0 Å². The molecule has 3 unspecified atom stereocenters. The van der Waals surface area contributed by atoms with Gasteiger partial charge in [-0.1, -0.05) is 12.8 Å². The number of carbonyl (C=O) groups is 1. The van der Waals surface area contributed by atoms with Crippen molar-refractivity contribution in [3.8, 4) is 0 Å². The number of nitrogens with zero attached hydrogens (tertiary/aromatic N) is 1. The second-order valence-corrected chi connectivity index (χ2v) is 5.56. The summed E-state index contributed by atoms with van der Waals surface area (Å²) in [6, 6.07) is 3.45. The molecule has 5 heteroatoms. The number of aliphatic hydroxyl groups excluding tert-OH is 1. The van der Waals surface area contributed by atoms with E-state index in [1.54, 1.807) is 12.3 Å². The van der Waals surface area contributed by atoms with Crippen molar-refractivity contribution in [1.82, 2.24) is 10.2 Å². The maximum Gasteiger partial charge on any atom is 0.237 e. The van der Waals surface area contributed by atoms with E-state index in [1.165, 1.54) is 0 Å². The zero-order chi connectivity index (χ0) is 14.5. The highest BCUT2D eigenvalue weighted by Crippen LogP contribution is 2.23. The number of amides is 1. The highest BCUT2D eigenvalue weighted by molar-refractivity contribution is 5.81. The van der Waals surface area contributed by atoms with E-state index in [0.717, 1.165) is 31.4 Å². The summed E-state index contributed by atoms with van der Waals surface area (Å²) in [6.07, 6.45) is 5.24. The summed E-state index contributed by atoms with van der Waals surface area (Å²) in [7, 11) is 1.91. The Labute approximate surface area is 119 Å². The van der Waals surface area contributed by atoms with Gasteiger partial charge in [-0.3, -0.25) is 9.69 Å². The number of carbonyl (C=O) groups excluding carboxylic acids is 1. The Morgan fingerprint density at radius 3 is 2.95 bits per heavy atom. The summed E-state index contributed by atoms with van der Waals surface area (Å²) in [4.78, 5) is 14.1. The van der Waals surface area contributed by atoms with Crippen molar-refractivity contribution >= 4 is 5.91 Å². The van der Waals surface area contributed by atoms with Crippen molar-refractivity contribution in [3.63, 3.8) is 0 Å².